The van der Waals surface area contributed by atoms with Crippen LogP contribution in [0, 0.1) is 11.3 Å². The van der Waals surface area contributed by atoms with Crippen LogP contribution in [0.3, 0.4) is 0 Å². The van der Waals surface area contributed by atoms with Crippen molar-refractivity contribution in [2.75, 3.05) is 25.1 Å². The van der Waals surface area contributed by atoms with Gasteiger partial charge in [-0.1, -0.05) is 12.1 Å². The molecule has 1 aromatic carbocycles. The third kappa shape index (κ3) is 4.24. The van der Waals surface area contributed by atoms with Gasteiger partial charge in [0.1, 0.15) is 12.7 Å². The van der Waals surface area contributed by atoms with E-state index in [0.717, 1.165) is 0 Å². The van der Waals surface area contributed by atoms with Crippen LogP contribution < -0.4 is 5.32 Å². The Hall–Kier alpha value is -1.67. The van der Waals surface area contributed by atoms with Gasteiger partial charge in [-0.3, -0.25) is 0 Å². The van der Waals surface area contributed by atoms with Crippen LogP contribution in [0.2, 0.25) is 0 Å². The van der Waals surface area contributed by atoms with Gasteiger partial charge in [0.2, 0.25) is 0 Å². The van der Waals surface area contributed by atoms with Crippen molar-refractivity contribution < 1.29 is 13.5 Å². The van der Waals surface area contributed by atoms with Crippen molar-refractivity contribution in [3.63, 3.8) is 0 Å². The molecule has 1 rings (SSSR count). The van der Waals surface area contributed by atoms with Gasteiger partial charge in [-0.2, -0.15) is 5.26 Å². The number of rotatable bonds is 6. The Kier molecular flexibility index (Phi) is 5.23. The molecular weight excluding hydrogens is 214 g/mol. The number of alkyl halides is 2. The molecular formula is C11H12F2N2O. The molecule has 0 heterocycles. The van der Waals surface area contributed by atoms with Gasteiger partial charge in [-0.15, -0.1) is 0 Å². The Morgan fingerprint density at radius 2 is 2.12 bits per heavy atom. The molecule has 0 fully saturated rings. The first kappa shape index (κ1) is 12.4. The van der Waals surface area contributed by atoms with Crippen molar-refractivity contribution in [2.24, 2.45) is 0 Å². The Bertz CT molecular complexity index is 363. The maximum Gasteiger partial charge on any atom is 0.261 e. The van der Waals surface area contributed by atoms with Crippen molar-refractivity contribution in [3.05, 3.63) is 29.8 Å². The number of halogens is 2. The van der Waals surface area contributed by atoms with Crippen LogP contribution in [-0.4, -0.2) is 26.2 Å². The van der Waals surface area contributed by atoms with Crippen LogP contribution >= 0.6 is 0 Å². The quantitative estimate of drug-likeness (QED) is 0.757. The SMILES string of the molecule is N#Cc1ccccc1NCCOCC(F)F. The standard InChI is InChI=1S/C11H12F2N2O/c12-11(13)8-16-6-5-15-10-4-2-1-3-9(10)7-14/h1-4,11,15H,5-6,8H2. The van der Waals surface area contributed by atoms with Crippen LogP contribution in [0.4, 0.5) is 14.5 Å². The lowest BCUT2D eigenvalue weighted by molar-refractivity contribution is 0.0215. The van der Waals surface area contributed by atoms with E-state index in [4.69, 9.17) is 10.00 Å². The summed E-state index contributed by atoms with van der Waals surface area (Å²) >= 11 is 0. The van der Waals surface area contributed by atoms with Gasteiger partial charge in [0, 0.05) is 6.54 Å². The molecule has 0 saturated carbocycles. The predicted molar refractivity (Wildman–Crippen MR) is 56.5 cm³/mol. The maximum absolute atomic E-state index is 11.7. The van der Waals surface area contributed by atoms with E-state index in [2.05, 4.69) is 5.32 Å². The van der Waals surface area contributed by atoms with Crippen molar-refractivity contribution in [1.82, 2.24) is 0 Å². The molecule has 0 aliphatic heterocycles. The molecule has 0 unspecified atom stereocenters. The summed E-state index contributed by atoms with van der Waals surface area (Å²) in [7, 11) is 0. The van der Waals surface area contributed by atoms with E-state index in [9.17, 15) is 8.78 Å². The molecule has 0 radical (unpaired) electrons. The fraction of sp³-hybridized carbons (Fsp3) is 0.364. The molecule has 0 spiro atoms. The second-order valence-electron chi connectivity index (χ2n) is 3.05. The topological polar surface area (TPSA) is 45.0 Å². The second-order valence-corrected chi connectivity index (χ2v) is 3.05. The van der Waals surface area contributed by atoms with Gasteiger partial charge >= 0.3 is 0 Å². The lowest BCUT2D eigenvalue weighted by Gasteiger charge is -2.08. The molecule has 3 nitrogen and oxygen atoms in total. The van der Waals surface area contributed by atoms with Gasteiger partial charge in [0.25, 0.3) is 6.43 Å². The number of anilines is 1. The van der Waals surface area contributed by atoms with Crippen LogP contribution in [-0.2, 0) is 4.74 Å². The lowest BCUT2D eigenvalue weighted by atomic mass is 10.2. The van der Waals surface area contributed by atoms with Crippen molar-refractivity contribution in [3.8, 4) is 6.07 Å². The zero-order valence-corrected chi connectivity index (χ0v) is 8.62. The first-order valence-electron chi connectivity index (χ1n) is 4.83. The molecule has 16 heavy (non-hydrogen) atoms. The Labute approximate surface area is 92.6 Å². The van der Waals surface area contributed by atoms with Gasteiger partial charge in [0.15, 0.2) is 0 Å². The van der Waals surface area contributed by atoms with Crippen LogP contribution in [0.25, 0.3) is 0 Å². The number of nitrogens with zero attached hydrogens (tertiary/aromatic N) is 1. The highest BCUT2D eigenvalue weighted by atomic mass is 19.3. The summed E-state index contributed by atoms with van der Waals surface area (Å²) in [5.41, 5.74) is 1.21. The number of nitrogens with one attached hydrogen (secondary N) is 1. The fourth-order valence-electron chi connectivity index (χ4n) is 1.17. The number of hydrogen-bond donors (Lipinski definition) is 1. The molecule has 0 atom stereocenters. The van der Waals surface area contributed by atoms with Crippen LogP contribution in [0.5, 0.6) is 0 Å². The van der Waals surface area contributed by atoms with Crippen molar-refractivity contribution in [2.45, 2.75) is 6.43 Å². The van der Waals surface area contributed by atoms with Gasteiger partial charge in [-0.25, -0.2) is 8.78 Å². The van der Waals surface area contributed by atoms with Gasteiger partial charge < -0.3 is 10.1 Å². The van der Waals surface area contributed by atoms with E-state index in [-0.39, 0.29) is 6.61 Å². The molecule has 0 amide bonds. The van der Waals surface area contributed by atoms with E-state index in [1.165, 1.54) is 0 Å². The summed E-state index contributed by atoms with van der Waals surface area (Å²) in [6, 6.07) is 9.03. The minimum absolute atomic E-state index is 0.185. The van der Waals surface area contributed by atoms with Gasteiger partial charge in [0.05, 0.1) is 17.9 Å². The van der Waals surface area contributed by atoms with Crippen LogP contribution in [0.15, 0.2) is 24.3 Å². The molecule has 5 heteroatoms. The zero-order valence-electron chi connectivity index (χ0n) is 8.62. The Balaban J connectivity index is 2.30. The molecule has 0 aromatic heterocycles. The van der Waals surface area contributed by atoms with Crippen LogP contribution in [0.1, 0.15) is 5.56 Å². The molecule has 0 bridgehead atoms. The molecule has 0 aliphatic carbocycles. The van der Waals surface area contributed by atoms with E-state index < -0.39 is 13.0 Å². The van der Waals surface area contributed by atoms with E-state index in [1.54, 1.807) is 24.3 Å². The summed E-state index contributed by atoms with van der Waals surface area (Å²) in [6.07, 6.45) is -2.44. The lowest BCUT2D eigenvalue weighted by Crippen LogP contribution is -2.13. The molecule has 0 saturated heterocycles. The summed E-state index contributed by atoms with van der Waals surface area (Å²) < 4.78 is 28.1. The molecule has 1 aromatic rings. The molecule has 1 N–H and O–H groups in total. The highest BCUT2D eigenvalue weighted by Gasteiger charge is 2.02. The molecule has 86 valence electrons. The predicted octanol–water partition coefficient (Wildman–Crippen LogP) is 2.25. The summed E-state index contributed by atoms with van der Waals surface area (Å²) in [5.74, 6) is 0. The highest BCUT2D eigenvalue weighted by molar-refractivity contribution is 5.56. The van der Waals surface area contributed by atoms with E-state index in [0.29, 0.717) is 17.8 Å². The number of nitriles is 1. The molecule has 0 aliphatic rings. The summed E-state index contributed by atoms with van der Waals surface area (Å²) in [4.78, 5) is 0. The maximum atomic E-state index is 11.7. The zero-order chi connectivity index (χ0) is 11.8. The third-order valence-electron chi connectivity index (χ3n) is 1.85. The Morgan fingerprint density at radius 1 is 1.38 bits per heavy atom. The Morgan fingerprint density at radius 3 is 2.81 bits per heavy atom. The van der Waals surface area contributed by atoms with Crippen molar-refractivity contribution >= 4 is 5.69 Å². The number of hydrogen-bond acceptors (Lipinski definition) is 3. The summed E-state index contributed by atoms with van der Waals surface area (Å²) in [5, 5.41) is 11.7. The fourth-order valence-corrected chi connectivity index (χ4v) is 1.17. The smallest absolute Gasteiger partial charge is 0.261 e. The second kappa shape index (κ2) is 6.75. The number of para-hydroxylation sites is 1. The summed E-state index contributed by atoms with van der Waals surface area (Å²) in [6.45, 7) is 0.0249. The van der Waals surface area contributed by atoms with Gasteiger partial charge in [-0.05, 0) is 12.1 Å². The monoisotopic (exact) mass is 226 g/mol. The minimum Gasteiger partial charge on any atom is -0.382 e. The first-order valence-corrected chi connectivity index (χ1v) is 4.83. The highest BCUT2D eigenvalue weighted by Crippen LogP contribution is 2.12. The van der Waals surface area contributed by atoms with Crippen molar-refractivity contribution in [1.29, 1.82) is 5.26 Å². The van der Waals surface area contributed by atoms with E-state index in [1.807, 2.05) is 6.07 Å². The minimum atomic E-state index is -2.44. The average Bonchev–Trinajstić information content (AvgIpc) is 2.29. The largest absolute Gasteiger partial charge is 0.382 e. The van der Waals surface area contributed by atoms with E-state index >= 15 is 0 Å². The third-order valence-corrected chi connectivity index (χ3v) is 1.85. The number of ether oxygens (including phenoxy) is 1. The number of benzene rings is 1. The normalized spacial score (nSPS) is 10.1. The average molecular weight is 226 g/mol. The first-order chi connectivity index (χ1) is 7.74.